The number of ketones is 1. The first-order chi connectivity index (χ1) is 23.4. The van der Waals surface area contributed by atoms with Crippen LogP contribution in [0.25, 0.3) is 10.9 Å². The molecule has 2 fully saturated rings. The molecule has 2 atom stereocenters. The molecule has 0 radical (unpaired) electrons. The number of β-lactam (4-membered cyclic amide) rings is 1. The normalized spacial score (nSPS) is 19.1. The summed E-state index contributed by atoms with van der Waals surface area (Å²) in [7, 11) is -4.96. The van der Waals surface area contributed by atoms with E-state index in [4.69, 9.17) is 24.8 Å². The number of benzene rings is 1. The lowest BCUT2D eigenvalue weighted by Gasteiger charge is -2.50. The Morgan fingerprint density at radius 1 is 1.20 bits per heavy atom. The number of nitrogens with one attached hydrogen (secondary N) is 1. The van der Waals surface area contributed by atoms with Crippen molar-refractivity contribution in [2.24, 2.45) is 17.0 Å². The first kappa shape index (κ1) is 34.3. The van der Waals surface area contributed by atoms with Crippen molar-refractivity contribution in [1.29, 1.82) is 0 Å². The van der Waals surface area contributed by atoms with E-state index in [2.05, 4.69) is 41.1 Å². The summed E-state index contributed by atoms with van der Waals surface area (Å²) in [6.07, 6.45) is 5.92. The van der Waals surface area contributed by atoms with Crippen molar-refractivity contribution in [1.82, 2.24) is 35.7 Å². The highest BCUT2D eigenvalue weighted by Gasteiger charge is 2.57. The van der Waals surface area contributed by atoms with Gasteiger partial charge in [-0.05, 0) is 50.5 Å². The molecule has 1 saturated heterocycles. The second-order valence-corrected chi connectivity index (χ2v) is 14.4. The van der Waals surface area contributed by atoms with Crippen molar-refractivity contribution >= 4 is 55.2 Å². The summed E-state index contributed by atoms with van der Waals surface area (Å²) in [5, 5.41) is 21.1. The lowest BCUT2D eigenvalue weighted by atomic mass is 9.74. The molecule has 0 bridgehead atoms. The third-order valence-corrected chi connectivity index (χ3v) is 9.74. The molecule has 17 nitrogen and oxygen atoms in total. The van der Waals surface area contributed by atoms with E-state index in [-0.39, 0.29) is 29.0 Å². The van der Waals surface area contributed by atoms with Gasteiger partial charge in [-0.15, -0.1) is 25.8 Å². The lowest BCUT2D eigenvalue weighted by Crippen LogP contribution is -2.68. The van der Waals surface area contributed by atoms with Gasteiger partial charge in [0.05, 0.1) is 17.0 Å². The van der Waals surface area contributed by atoms with Gasteiger partial charge in [-0.3, -0.25) is 19.1 Å². The quantitative estimate of drug-likeness (QED) is 0.0735. The van der Waals surface area contributed by atoms with E-state index in [0.717, 1.165) is 34.4 Å². The number of aromatic nitrogens is 6. The van der Waals surface area contributed by atoms with Crippen molar-refractivity contribution in [3.8, 4) is 5.75 Å². The Morgan fingerprint density at radius 3 is 2.67 bits per heavy atom. The highest BCUT2D eigenvalue weighted by Crippen LogP contribution is 2.41. The maximum Gasteiger partial charge on any atom is 0.418 e. The van der Waals surface area contributed by atoms with Gasteiger partial charge in [0.2, 0.25) is 11.9 Å². The maximum atomic E-state index is 13.6. The summed E-state index contributed by atoms with van der Waals surface area (Å²) in [5.41, 5.74) is 6.35. The van der Waals surface area contributed by atoms with E-state index < -0.39 is 46.1 Å². The molecule has 4 aromatic rings. The third kappa shape index (κ3) is 8.01. The Balaban J connectivity index is 1.17. The minimum absolute atomic E-state index is 0.0939. The number of hydrogen-bond acceptors (Lipinski definition) is 15. The number of thiazole rings is 1. The average molecular weight is 714 g/mol. The van der Waals surface area contributed by atoms with Crippen molar-refractivity contribution in [3.63, 3.8) is 0 Å². The van der Waals surface area contributed by atoms with Crippen LogP contribution in [-0.4, -0.2) is 78.2 Å². The zero-order chi connectivity index (χ0) is 34.8. The highest BCUT2D eigenvalue weighted by molar-refractivity contribution is 7.80. The van der Waals surface area contributed by atoms with Crippen molar-refractivity contribution in [2.45, 2.75) is 70.4 Å². The summed E-state index contributed by atoms with van der Waals surface area (Å²) >= 11 is 1.06. The monoisotopic (exact) mass is 713 g/mol. The number of carbonyl (C=O) groups excluding carboxylic acids is 2. The summed E-state index contributed by atoms with van der Waals surface area (Å²) in [6.45, 7) is 2.83. The van der Waals surface area contributed by atoms with Gasteiger partial charge in [0.1, 0.15) is 18.1 Å². The first-order valence-electron chi connectivity index (χ1n) is 15.6. The molecule has 260 valence electrons. The van der Waals surface area contributed by atoms with Crippen LogP contribution in [0.1, 0.15) is 75.7 Å². The standard InChI is InChI=1S/C30H35N9O8S2/c1-30(2)21(28(41)39(30)47-49(42,43)44)14-24(40)26(23-16-48-29(31)33-23)36-46-25(27-34-37-38-35-27)15-45-20-10-11-22-18(13-20)8-9-19(32-22)12-17-6-4-3-5-7-17/h8-11,13,16-17,21,25H,3-7,12,14-15H2,1-2H3,(H2,31,33)(H,42,43,44)(H,34,35,37,38)/b36-26-/t21?,25-/m0/s1. The van der Waals surface area contributed by atoms with Crippen molar-refractivity contribution < 1.29 is 36.4 Å². The summed E-state index contributed by atoms with van der Waals surface area (Å²) in [6, 6.07) is 9.65. The summed E-state index contributed by atoms with van der Waals surface area (Å²) in [5.74, 6) is -1.18. The molecular formula is C30H35N9O8S2. The molecule has 1 aromatic carbocycles. The van der Waals surface area contributed by atoms with E-state index in [1.807, 2.05) is 18.2 Å². The van der Waals surface area contributed by atoms with E-state index in [0.29, 0.717) is 16.7 Å². The zero-order valence-electron chi connectivity index (χ0n) is 26.7. The number of oxime groups is 1. The number of fused-ring (bicyclic) bond motifs is 1. The molecular weight excluding hydrogens is 679 g/mol. The summed E-state index contributed by atoms with van der Waals surface area (Å²) < 4.78 is 41.9. The molecule has 1 aliphatic carbocycles. The highest BCUT2D eigenvalue weighted by atomic mass is 32.3. The molecule has 6 rings (SSSR count). The van der Waals surface area contributed by atoms with Crippen LogP contribution in [0.15, 0.2) is 40.9 Å². The Kier molecular flexibility index (Phi) is 9.87. The molecule has 3 aromatic heterocycles. The van der Waals surface area contributed by atoms with Gasteiger partial charge in [-0.1, -0.05) is 48.5 Å². The maximum absolute atomic E-state index is 13.6. The minimum Gasteiger partial charge on any atom is -0.489 e. The fourth-order valence-corrected chi connectivity index (χ4v) is 7.07. The fourth-order valence-electron chi connectivity index (χ4n) is 6.07. The van der Waals surface area contributed by atoms with E-state index >= 15 is 0 Å². The van der Waals surface area contributed by atoms with Crippen LogP contribution in [0.4, 0.5) is 5.13 Å². The van der Waals surface area contributed by atoms with E-state index in [9.17, 15) is 18.0 Å². The largest absolute Gasteiger partial charge is 0.489 e. The van der Waals surface area contributed by atoms with Gasteiger partial charge in [-0.25, -0.2) is 4.98 Å². The minimum atomic E-state index is -4.96. The number of hydrogen-bond donors (Lipinski definition) is 3. The summed E-state index contributed by atoms with van der Waals surface area (Å²) in [4.78, 5) is 41.0. The number of nitrogen functional groups attached to an aromatic ring is 1. The number of pyridine rings is 1. The number of H-pyrrole nitrogens is 1. The third-order valence-electron chi connectivity index (χ3n) is 8.72. The lowest BCUT2D eigenvalue weighted by molar-refractivity contribution is -0.228. The number of anilines is 1. The number of Topliss-reactive ketones (excluding diaryl/α,β-unsaturated/α-hetero) is 1. The number of carbonyl (C=O) groups is 2. The topological polar surface area (TPSA) is 238 Å². The first-order valence-corrected chi connectivity index (χ1v) is 17.9. The average Bonchev–Trinajstić information content (AvgIpc) is 3.76. The molecule has 4 N–H and O–H groups in total. The predicted molar refractivity (Wildman–Crippen MR) is 175 cm³/mol. The SMILES string of the molecule is CC1(C)C(CC(=O)/C(=N\O[C@@H](COc2ccc3nc(CC4CCCCC4)ccc3c2)c2nn[nH]n2)c2csc(N)n2)C(=O)N1OS(=O)(=O)O. The molecule has 1 amide bonds. The van der Waals surface area contributed by atoms with E-state index in [1.54, 1.807) is 6.07 Å². The van der Waals surface area contributed by atoms with Gasteiger partial charge >= 0.3 is 10.4 Å². The van der Waals surface area contributed by atoms with Gasteiger partial charge in [-0.2, -0.15) is 18.7 Å². The number of nitrogens with two attached hydrogens (primary N) is 1. The van der Waals surface area contributed by atoms with Crippen LogP contribution < -0.4 is 10.5 Å². The van der Waals surface area contributed by atoms with Crippen LogP contribution in [0.2, 0.25) is 0 Å². The molecule has 1 aliphatic heterocycles. The second kappa shape index (κ2) is 14.1. The molecule has 0 spiro atoms. The molecule has 2 aliphatic rings. The number of hydroxylamine groups is 2. The van der Waals surface area contributed by atoms with Gasteiger partial charge < -0.3 is 15.3 Å². The van der Waals surface area contributed by atoms with Crippen LogP contribution in [0, 0.1) is 11.8 Å². The Hall–Kier alpha value is -4.59. The van der Waals surface area contributed by atoms with Gasteiger partial charge in [0.15, 0.2) is 16.6 Å². The Bertz CT molecular complexity index is 1960. The molecule has 4 heterocycles. The number of rotatable bonds is 14. The van der Waals surface area contributed by atoms with Crippen LogP contribution in [0.3, 0.4) is 0 Å². The Morgan fingerprint density at radius 2 is 2.00 bits per heavy atom. The predicted octanol–water partition coefficient (Wildman–Crippen LogP) is 3.38. The number of tetrazole rings is 1. The number of aromatic amines is 1. The number of ether oxygens (including phenoxy) is 1. The number of amides is 1. The molecule has 1 unspecified atom stereocenters. The molecule has 1 saturated carbocycles. The smallest absolute Gasteiger partial charge is 0.418 e. The van der Waals surface area contributed by atoms with Crippen molar-refractivity contribution in [2.75, 3.05) is 12.3 Å². The van der Waals surface area contributed by atoms with Crippen LogP contribution in [0.5, 0.6) is 5.75 Å². The Labute approximate surface area is 285 Å². The van der Waals surface area contributed by atoms with Crippen molar-refractivity contribution in [3.05, 3.63) is 52.9 Å². The second-order valence-electron chi connectivity index (χ2n) is 12.5. The van der Waals surface area contributed by atoms with Gasteiger partial charge in [0, 0.05) is 22.9 Å². The van der Waals surface area contributed by atoms with Gasteiger partial charge in [0.25, 0.3) is 5.91 Å². The molecule has 19 heteroatoms. The number of nitrogens with zero attached hydrogens (tertiary/aromatic N) is 7. The molecule has 49 heavy (non-hydrogen) atoms. The van der Waals surface area contributed by atoms with Crippen LogP contribution >= 0.6 is 11.3 Å². The van der Waals surface area contributed by atoms with E-state index in [1.165, 1.54) is 51.3 Å². The zero-order valence-corrected chi connectivity index (χ0v) is 28.3. The fraction of sp³-hybridized carbons (Fsp3) is 0.467. The van der Waals surface area contributed by atoms with Crippen LogP contribution in [-0.2, 0) is 35.5 Å².